The number of ether oxygens (including phenoxy) is 3. The average Bonchev–Trinajstić information content (AvgIpc) is 2.73. The van der Waals surface area contributed by atoms with Gasteiger partial charge in [-0.15, -0.1) is 13.2 Å². The lowest BCUT2D eigenvalue weighted by molar-refractivity contribution is -0.274. The van der Waals surface area contributed by atoms with Gasteiger partial charge in [0.05, 0.1) is 23.4 Å². The largest absolute Gasteiger partial charge is 0.573 e. The van der Waals surface area contributed by atoms with Gasteiger partial charge in [0, 0.05) is 18.2 Å². The van der Waals surface area contributed by atoms with Gasteiger partial charge in [-0.2, -0.15) is 0 Å². The van der Waals surface area contributed by atoms with E-state index in [0.717, 1.165) is 17.5 Å². The minimum atomic E-state index is -4.81. The number of para-hydroxylation sites is 1. The lowest BCUT2D eigenvalue weighted by atomic mass is 10.0. The second-order valence-electron chi connectivity index (χ2n) is 6.71. The van der Waals surface area contributed by atoms with Crippen LogP contribution in [0, 0.1) is 6.92 Å². The van der Waals surface area contributed by atoms with Gasteiger partial charge in [-0.3, -0.25) is 4.79 Å². The molecular weight excluding hydrogens is 429 g/mol. The van der Waals surface area contributed by atoms with Crippen LogP contribution in [-0.4, -0.2) is 36.9 Å². The second kappa shape index (κ2) is 9.65. The van der Waals surface area contributed by atoms with Gasteiger partial charge in [-0.05, 0) is 42.8 Å². The van der Waals surface area contributed by atoms with E-state index in [9.17, 15) is 22.8 Å². The van der Waals surface area contributed by atoms with Gasteiger partial charge in [0.15, 0.2) is 6.61 Å². The fraction of sp³-hybridized carbons (Fsp3) is 0.227. The van der Waals surface area contributed by atoms with Gasteiger partial charge in [0.1, 0.15) is 5.75 Å². The van der Waals surface area contributed by atoms with Crippen LogP contribution in [0.4, 0.5) is 18.9 Å². The van der Waals surface area contributed by atoms with E-state index in [0.29, 0.717) is 16.8 Å². The Kier molecular flexibility index (Phi) is 6.94. The number of anilines is 1. The molecule has 10 heteroatoms. The molecule has 1 heterocycles. The summed E-state index contributed by atoms with van der Waals surface area (Å²) in [6.45, 7) is 1.23. The lowest BCUT2D eigenvalue weighted by Crippen LogP contribution is -2.22. The third-order valence-corrected chi connectivity index (χ3v) is 4.42. The van der Waals surface area contributed by atoms with Gasteiger partial charge < -0.3 is 19.5 Å². The van der Waals surface area contributed by atoms with E-state index in [2.05, 4.69) is 15.0 Å². The third-order valence-electron chi connectivity index (χ3n) is 4.42. The molecule has 0 fully saturated rings. The number of nitrogens with one attached hydrogen (secondary N) is 1. The summed E-state index contributed by atoms with van der Waals surface area (Å²) in [6.07, 6.45) is -4.81. The molecule has 2 aromatic carbocycles. The van der Waals surface area contributed by atoms with E-state index >= 15 is 0 Å². The number of hydrogen-bond donors (Lipinski definition) is 1. The molecule has 0 radical (unpaired) electrons. The standard InChI is InChI=1S/C22H19F3N2O5/c1-13-16-5-3-4-6-17(16)27-18(11-30-2)20(13)21(29)31-12-19(28)26-14-7-9-15(10-8-14)32-22(23,24)25/h3-10H,11-12H2,1-2H3,(H,26,28). The summed E-state index contributed by atoms with van der Waals surface area (Å²) in [4.78, 5) is 29.3. The lowest BCUT2D eigenvalue weighted by Gasteiger charge is -2.14. The zero-order valence-corrected chi connectivity index (χ0v) is 17.2. The quantitative estimate of drug-likeness (QED) is 0.540. The summed E-state index contributed by atoms with van der Waals surface area (Å²) in [6, 6.07) is 11.9. The highest BCUT2D eigenvalue weighted by Gasteiger charge is 2.31. The van der Waals surface area contributed by atoms with E-state index in [1.807, 2.05) is 24.3 Å². The Morgan fingerprint density at radius 3 is 2.41 bits per heavy atom. The van der Waals surface area contributed by atoms with E-state index in [-0.39, 0.29) is 17.9 Å². The number of carbonyl (C=O) groups excluding carboxylic acids is 2. The molecular formula is C22H19F3N2O5. The van der Waals surface area contributed by atoms with Crippen LogP contribution in [0.25, 0.3) is 10.9 Å². The minimum absolute atomic E-state index is 0.0780. The van der Waals surface area contributed by atoms with Crippen molar-refractivity contribution in [1.29, 1.82) is 0 Å². The number of aromatic nitrogens is 1. The Morgan fingerprint density at radius 2 is 1.75 bits per heavy atom. The maximum Gasteiger partial charge on any atom is 0.573 e. The number of fused-ring (bicyclic) bond motifs is 1. The number of pyridine rings is 1. The Labute approximate surface area is 181 Å². The van der Waals surface area contributed by atoms with E-state index in [4.69, 9.17) is 9.47 Å². The first-order valence-electron chi connectivity index (χ1n) is 9.38. The highest BCUT2D eigenvalue weighted by molar-refractivity contribution is 6.00. The Balaban J connectivity index is 1.67. The molecule has 0 saturated heterocycles. The number of alkyl halides is 3. The topological polar surface area (TPSA) is 86.8 Å². The summed E-state index contributed by atoms with van der Waals surface area (Å²) in [5, 5.41) is 3.20. The molecule has 1 N–H and O–H groups in total. The zero-order chi connectivity index (χ0) is 23.3. The molecule has 1 amide bonds. The Morgan fingerprint density at radius 1 is 1.06 bits per heavy atom. The van der Waals surface area contributed by atoms with Crippen LogP contribution in [-0.2, 0) is 20.9 Å². The molecule has 0 aliphatic heterocycles. The monoisotopic (exact) mass is 448 g/mol. The first-order valence-corrected chi connectivity index (χ1v) is 9.38. The van der Waals surface area contributed by atoms with Crippen LogP contribution < -0.4 is 10.1 Å². The number of hydrogen-bond acceptors (Lipinski definition) is 6. The number of benzene rings is 2. The van der Waals surface area contributed by atoms with Crippen molar-refractivity contribution in [2.45, 2.75) is 19.9 Å². The maximum absolute atomic E-state index is 12.7. The van der Waals surface area contributed by atoms with E-state index in [1.54, 1.807) is 6.92 Å². The molecule has 0 aliphatic rings. The molecule has 0 bridgehead atoms. The van der Waals surface area contributed by atoms with Crippen molar-refractivity contribution < 1.29 is 37.0 Å². The van der Waals surface area contributed by atoms with Crippen molar-refractivity contribution in [2.24, 2.45) is 0 Å². The zero-order valence-electron chi connectivity index (χ0n) is 17.2. The first kappa shape index (κ1) is 23.0. The van der Waals surface area contributed by atoms with E-state index < -0.39 is 30.6 Å². The molecule has 0 saturated carbocycles. The molecule has 0 unspecified atom stereocenters. The van der Waals surface area contributed by atoms with Gasteiger partial charge in [0.2, 0.25) is 0 Å². The molecule has 0 spiro atoms. The fourth-order valence-electron chi connectivity index (χ4n) is 3.09. The van der Waals surface area contributed by atoms with Gasteiger partial charge >= 0.3 is 12.3 Å². The molecule has 3 rings (SSSR count). The number of aryl methyl sites for hydroxylation is 1. The molecule has 1 aromatic heterocycles. The van der Waals surface area contributed by atoms with Gasteiger partial charge in [-0.1, -0.05) is 18.2 Å². The summed E-state index contributed by atoms with van der Waals surface area (Å²) in [5.41, 5.74) is 2.16. The predicted molar refractivity (Wildman–Crippen MR) is 109 cm³/mol. The number of esters is 1. The summed E-state index contributed by atoms with van der Waals surface area (Å²) < 4.78 is 50.7. The maximum atomic E-state index is 12.7. The fourth-order valence-corrected chi connectivity index (χ4v) is 3.09. The Bertz CT molecular complexity index is 1130. The highest BCUT2D eigenvalue weighted by Crippen LogP contribution is 2.25. The number of rotatable bonds is 7. The van der Waals surface area contributed by atoms with Crippen molar-refractivity contribution in [3.63, 3.8) is 0 Å². The van der Waals surface area contributed by atoms with Crippen molar-refractivity contribution in [3.05, 3.63) is 65.4 Å². The van der Waals surface area contributed by atoms with Crippen LogP contribution in [0.5, 0.6) is 5.75 Å². The normalized spacial score (nSPS) is 11.3. The number of carbonyl (C=O) groups is 2. The third kappa shape index (κ3) is 5.73. The van der Waals surface area contributed by atoms with Crippen molar-refractivity contribution in [3.8, 4) is 5.75 Å². The molecule has 0 atom stereocenters. The average molecular weight is 448 g/mol. The van der Waals surface area contributed by atoms with Crippen molar-refractivity contribution in [2.75, 3.05) is 19.0 Å². The smallest absolute Gasteiger partial charge is 0.452 e. The van der Waals surface area contributed by atoms with Crippen molar-refractivity contribution >= 4 is 28.5 Å². The van der Waals surface area contributed by atoms with Crippen LogP contribution >= 0.6 is 0 Å². The number of nitrogens with zero attached hydrogens (tertiary/aromatic N) is 1. The van der Waals surface area contributed by atoms with Crippen LogP contribution in [0.1, 0.15) is 21.6 Å². The van der Waals surface area contributed by atoms with Gasteiger partial charge in [-0.25, -0.2) is 9.78 Å². The molecule has 168 valence electrons. The minimum Gasteiger partial charge on any atom is -0.452 e. The highest BCUT2D eigenvalue weighted by atomic mass is 19.4. The second-order valence-corrected chi connectivity index (χ2v) is 6.71. The van der Waals surface area contributed by atoms with Crippen molar-refractivity contribution in [1.82, 2.24) is 4.98 Å². The number of methoxy groups -OCH3 is 1. The van der Waals surface area contributed by atoms with Crippen LogP contribution in [0.15, 0.2) is 48.5 Å². The number of halogens is 3. The molecule has 7 nitrogen and oxygen atoms in total. The molecule has 0 aliphatic carbocycles. The molecule has 3 aromatic rings. The van der Waals surface area contributed by atoms with E-state index in [1.165, 1.54) is 19.2 Å². The Hall–Kier alpha value is -3.66. The number of amides is 1. The van der Waals surface area contributed by atoms with Crippen LogP contribution in [0.2, 0.25) is 0 Å². The SMILES string of the molecule is COCc1nc2ccccc2c(C)c1C(=O)OCC(=O)Nc1ccc(OC(F)(F)F)cc1. The molecule has 32 heavy (non-hydrogen) atoms. The first-order chi connectivity index (χ1) is 15.2. The predicted octanol–water partition coefficient (Wildman–Crippen LogP) is 4.38. The van der Waals surface area contributed by atoms with Crippen LogP contribution in [0.3, 0.4) is 0 Å². The van der Waals surface area contributed by atoms with Gasteiger partial charge in [0.25, 0.3) is 5.91 Å². The summed E-state index contributed by atoms with van der Waals surface area (Å²) >= 11 is 0. The summed E-state index contributed by atoms with van der Waals surface area (Å²) in [5.74, 6) is -1.83. The summed E-state index contributed by atoms with van der Waals surface area (Å²) in [7, 11) is 1.47.